The molecule has 6 nitrogen and oxygen atoms in total. The van der Waals surface area contributed by atoms with Crippen LogP contribution in [0.5, 0.6) is 0 Å². The van der Waals surface area contributed by atoms with Crippen molar-refractivity contribution in [1.29, 1.82) is 0 Å². The van der Waals surface area contributed by atoms with Crippen LogP contribution in [0.4, 0.5) is 5.69 Å². The topological polar surface area (TPSA) is 101 Å². The molecule has 0 saturated carbocycles. The highest BCUT2D eigenvalue weighted by molar-refractivity contribution is 7.92. The quantitative estimate of drug-likeness (QED) is 0.771. The van der Waals surface area contributed by atoms with Crippen molar-refractivity contribution in [2.75, 3.05) is 11.1 Å². The average molecular weight is 297 g/mol. The molecule has 1 atom stereocenters. The van der Waals surface area contributed by atoms with Gasteiger partial charge in [0.1, 0.15) is 5.25 Å². The summed E-state index contributed by atoms with van der Waals surface area (Å²) < 4.78 is 23.4. The normalized spacial score (nSPS) is 12.4. The first-order valence-electron chi connectivity index (χ1n) is 5.74. The summed E-state index contributed by atoms with van der Waals surface area (Å²) in [6, 6.07) is 5.57. The molecule has 0 saturated heterocycles. The van der Waals surface area contributed by atoms with Crippen molar-refractivity contribution in [1.82, 2.24) is 0 Å². The number of aromatic carboxylic acids is 1. The monoisotopic (exact) mass is 297 g/mol. The number of carbonyl (C=O) groups excluding carboxylic acids is 1. The standard InChI is InChI=1S/C13H15NO5S/c1-3-7-20(18,19)9(2)12(15)14-11-6-4-5-10(8-11)13(16)17/h3-6,8-9H,1,7H2,2H3,(H,14,15)(H,16,17). The number of hydrogen-bond donors (Lipinski definition) is 2. The van der Waals surface area contributed by atoms with Gasteiger partial charge in [0.05, 0.1) is 11.3 Å². The molecule has 1 aromatic carbocycles. The fourth-order valence-corrected chi connectivity index (χ4v) is 2.45. The van der Waals surface area contributed by atoms with E-state index in [1.54, 1.807) is 0 Å². The van der Waals surface area contributed by atoms with Gasteiger partial charge in [0.2, 0.25) is 5.91 Å². The second kappa shape index (κ2) is 6.33. The van der Waals surface area contributed by atoms with Crippen molar-refractivity contribution < 1.29 is 23.1 Å². The lowest BCUT2D eigenvalue weighted by atomic mass is 10.2. The highest BCUT2D eigenvalue weighted by atomic mass is 32.2. The Morgan fingerprint density at radius 3 is 2.65 bits per heavy atom. The van der Waals surface area contributed by atoms with Crippen molar-refractivity contribution in [2.45, 2.75) is 12.2 Å². The summed E-state index contributed by atoms with van der Waals surface area (Å²) in [5, 5.41) is 9.98. The summed E-state index contributed by atoms with van der Waals surface area (Å²) in [5.41, 5.74) is 0.236. The minimum atomic E-state index is -3.60. The molecule has 1 aromatic rings. The van der Waals surface area contributed by atoms with Crippen molar-refractivity contribution in [3.05, 3.63) is 42.5 Å². The molecule has 0 spiro atoms. The highest BCUT2D eigenvalue weighted by Crippen LogP contribution is 2.13. The van der Waals surface area contributed by atoms with E-state index < -0.39 is 27.0 Å². The zero-order valence-electron chi connectivity index (χ0n) is 10.9. The van der Waals surface area contributed by atoms with Gasteiger partial charge in [0.15, 0.2) is 9.84 Å². The molecule has 0 fully saturated rings. The Labute approximate surface area is 117 Å². The van der Waals surface area contributed by atoms with Gasteiger partial charge in [-0.1, -0.05) is 12.1 Å². The van der Waals surface area contributed by atoms with Crippen LogP contribution in [0.3, 0.4) is 0 Å². The Morgan fingerprint density at radius 2 is 2.10 bits per heavy atom. The Balaban J connectivity index is 2.88. The van der Waals surface area contributed by atoms with Crippen LogP contribution in [0.15, 0.2) is 36.9 Å². The summed E-state index contributed by atoms with van der Waals surface area (Å²) in [6.07, 6.45) is 1.21. The van der Waals surface area contributed by atoms with Crippen molar-refractivity contribution >= 4 is 27.4 Å². The Bertz CT molecular complexity index is 636. The van der Waals surface area contributed by atoms with E-state index in [1.165, 1.54) is 37.3 Å². The van der Waals surface area contributed by atoms with Crippen LogP contribution in [0.1, 0.15) is 17.3 Å². The van der Waals surface area contributed by atoms with Gasteiger partial charge in [0, 0.05) is 5.69 Å². The lowest BCUT2D eigenvalue weighted by Gasteiger charge is -2.12. The van der Waals surface area contributed by atoms with Crippen LogP contribution in [-0.4, -0.2) is 36.4 Å². The SMILES string of the molecule is C=CCS(=O)(=O)C(C)C(=O)Nc1cccc(C(=O)O)c1. The number of sulfone groups is 1. The summed E-state index contributed by atoms with van der Waals surface area (Å²) in [6.45, 7) is 4.60. The predicted molar refractivity (Wildman–Crippen MR) is 75.5 cm³/mol. The molecule has 0 aliphatic carbocycles. The van der Waals surface area contributed by atoms with E-state index in [0.717, 1.165) is 0 Å². The number of hydrogen-bond acceptors (Lipinski definition) is 4. The first kappa shape index (κ1) is 15.9. The Morgan fingerprint density at radius 1 is 1.45 bits per heavy atom. The molecule has 0 heterocycles. The highest BCUT2D eigenvalue weighted by Gasteiger charge is 2.26. The predicted octanol–water partition coefficient (Wildman–Crippen LogP) is 1.31. The molecule has 0 aliphatic heterocycles. The number of carboxylic acid groups (broad SMARTS) is 1. The molecule has 2 N–H and O–H groups in total. The molecule has 0 aromatic heterocycles. The summed E-state index contributed by atoms with van der Waals surface area (Å²) >= 11 is 0. The number of carbonyl (C=O) groups is 2. The zero-order chi connectivity index (χ0) is 15.3. The van der Waals surface area contributed by atoms with Gasteiger partial charge >= 0.3 is 5.97 Å². The smallest absolute Gasteiger partial charge is 0.335 e. The second-order valence-electron chi connectivity index (χ2n) is 4.14. The number of amides is 1. The van der Waals surface area contributed by atoms with Crippen molar-refractivity contribution in [3.8, 4) is 0 Å². The van der Waals surface area contributed by atoms with Gasteiger partial charge in [-0.25, -0.2) is 13.2 Å². The molecule has 7 heteroatoms. The second-order valence-corrected chi connectivity index (χ2v) is 6.50. The maximum absolute atomic E-state index is 11.8. The zero-order valence-corrected chi connectivity index (χ0v) is 11.7. The molecule has 0 aliphatic rings. The minimum Gasteiger partial charge on any atom is -0.478 e. The van der Waals surface area contributed by atoms with Crippen LogP contribution in [0.2, 0.25) is 0 Å². The van der Waals surface area contributed by atoms with Gasteiger partial charge in [-0.2, -0.15) is 0 Å². The largest absolute Gasteiger partial charge is 0.478 e. The molecule has 0 radical (unpaired) electrons. The average Bonchev–Trinajstić information content (AvgIpc) is 2.38. The summed E-state index contributed by atoms with van der Waals surface area (Å²) in [4.78, 5) is 22.6. The van der Waals surface area contributed by atoms with E-state index in [9.17, 15) is 18.0 Å². The fraction of sp³-hybridized carbons (Fsp3) is 0.231. The number of nitrogens with one attached hydrogen (secondary N) is 1. The number of anilines is 1. The molecule has 20 heavy (non-hydrogen) atoms. The Hall–Kier alpha value is -2.15. The van der Waals surface area contributed by atoms with E-state index in [1.807, 2.05) is 0 Å². The van der Waals surface area contributed by atoms with Gasteiger partial charge in [-0.15, -0.1) is 6.58 Å². The summed E-state index contributed by atoms with van der Waals surface area (Å²) in [7, 11) is -3.60. The molecule has 1 amide bonds. The summed E-state index contributed by atoms with van der Waals surface area (Å²) in [5.74, 6) is -2.14. The maximum Gasteiger partial charge on any atom is 0.335 e. The van der Waals surface area contributed by atoms with E-state index in [4.69, 9.17) is 5.11 Å². The van der Waals surface area contributed by atoms with Gasteiger partial charge in [0.25, 0.3) is 0 Å². The van der Waals surface area contributed by atoms with Gasteiger partial charge < -0.3 is 10.4 Å². The molecule has 1 unspecified atom stereocenters. The van der Waals surface area contributed by atoms with E-state index in [-0.39, 0.29) is 17.0 Å². The van der Waals surface area contributed by atoms with E-state index in [2.05, 4.69) is 11.9 Å². The first-order valence-corrected chi connectivity index (χ1v) is 7.46. The van der Waals surface area contributed by atoms with Crippen molar-refractivity contribution in [2.24, 2.45) is 0 Å². The maximum atomic E-state index is 11.8. The fourth-order valence-electron chi connectivity index (χ4n) is 1.45. The van der Waals surface area contributed by atoms with E-state index >= 15 is 0 Å². The van der Waals surface area contributed by atoms with Crippen LogP contribution in [0.25, 0.3) is 0 Å². The number of rotatable bonds is 6. The molecule has 0 bridgehead atoms. The van der Waals surface area contributed by atoms with Crippen LogP contribution < -0.4 is 5.32 Å². The minimum absolute atomic E-state index is 0.00408. The molecule has 108 valence electrons. The lowest BCUT2D eigenvalue weighted by Crippen LogP contribution is -2.33. The van der Waals surface area contributed by atoms with E-state index in [0.29, 0.717) is 0 Å². The van der Waals surface area contributed by atoms with Crippen LogP contribution >= 0.6 is 0 Å². The van der Waals surface area contributed by atoms with Gasteiger partial charge in [-0.3, -0.25) is 4.79 Å². The number of benzene rings is 1. The third-order valence-corrected chi connectivity index (χ3v) is 4.63. The van der Waals surface area contributed by atoms with Crippen LogP contribution in [-0.2, 0) is 14.6 Å². The van der Waals surface area contributed by atoms with Gasteiger partial charge in [-0.05, 0) is 25.1 Å². The molecular formula is C13H15NO5S. The first-order chi connectivity index (χ1) is 9.27. The van der Waals surface area contributed by atoms with Crippen LogP contribution in [0, 0.1) is 0 Å². The third kappa shape index (κ3) is 3.92. The lowest BCUT2D eigenvalue weighted by molar-refractivity contribution is -0.115. The molecular weight excluding hydrogens is 282 g/mol. The third-order valence-electron chi connectivity index (χ3n) is 2.64. The number of carboxylic acids is 1. The molecule has 1 rings (SSSR count). The van der Waals surface area contributed by atoms with Crippen molar-refractivity contribution in [3.63, 3.8) is 0 Å². The Kier molecular flexibility index (Phi) is 5.04.